The van der Waals surface area contributed by atoms with E-state index in [4.69, 9.17) is 0 Å². The van der Waals surface area contributed by atoms with Crippen molar-refractivity contribution < 1.29 is 18.0 Å². The molecule has 0 heterocycles. The Bertz CT molecular complexity index is 1310. The first-order valence-corrected chi connectivity index (χ1v) is 14.2. The van der Waals surface area contributed by atoms with Gasteiger partial charge in [-0.1, -0.05) is 64.0 Å². The maximum absolute atomic E-state index is 13.8. The second-order valence-electron chi connectivity index (χ2n) is 9.15. The molecule has 2 amide bonds. The van der Waals surface area contributed by atoms with Crippen molar-refractivity contribution in [3.05, 3.63) is 94.5 Å². The Kier molecular flexibility index (Phi) is 9.50. The average Bonchev–Trinajstić information content (AvgIpc) is 2.86. The molecule has 196 valence electrons. The smallest absolute Gasteiger partial charge is 0.264 e. The summed E-state index contributed by atoms with van der Waals surface area (Å²) in [6, 6.07) is 21.6. The van der Waals surface area contributed by atoms with Gasteiger partial charge >= 0.3 is 0 Å². The molecular weight excluding hydrogens is 554 g/mol. The number of halogens is 1. The molecule has 37 heavy (non-hydrogen) atoms. The van der Waals surface area contributed by atoms with E-state index in [9.17, 15) is 18.0 Å². The fourth-order valence-corrected chi connectivity index (χ4v) is 5.42. The molecule has 3 aromatic carbocycles. The molecule has 0 saturated carbocycles. The molecule has 1 atom stereocenters. The summed E-state index contributed by atoms with van der Waals surface area (Å²) in [5, 5.41) is 2.85. The summed E-state index contributed by atoms with van der Waals surface area (Å²) in [6.45, 7) is 6.90. The van der Waals surface area contributed by atoms with Crippen LogP contribution in [0.2, 0.25) is 0 Å². The predicted molar refractivity (Wildman–Crippen MR) is 150 cm³/mol. The number of nitrogens with one attached hydrogen (secondary N) is 1. The van der Waals surface area contributed by atoms with Gasteiger partial charge in [0.15, 0.2) is 0 Å². The minimum atomic E-state index is -4.08. The van der Waals surface area contributed by atoms with Crippen molar-refractivity contribution in [3.8, 4) is 0 Å². The highest BCUT2D eigenvalue weighted by Gasteiger charge is 2.32. The minimum absolute atomic E-state index is 0.0778. The number of carbonyl (C=O) groups excluding carboxylic acids is 2. The van der Waals surface area contributed by atoms with Crippen LogP contribution in [0.25, 0.3) is 0 Å². The van der Waals surface area contributed by atoms with Crippen LogP contribution < -0.4 is 9.62 Å². The summed E-state index contributed by atoms with van der Waals surface area (Å²) in [6.07, 6.45) is 0. The van der Waals surface area contributed by atoms with Crippen molar-refractivity contribution in [2.24, 2.45) is 0 Å². The number of sulfonamides is 1. The van der Waals surface area contributed by atoms with Gasteiger partial charge in [-0.2, -0.15) is 0 Å². The number of benzene rings is 3. The van der Waals surface area contributed by atoms with Gasteiger partial charge in [0.2, 0.25) is 11.8 Å². The Balaban J connectivity index is 2.01. The highest BCUT2D eigenvalue weighted by molar-refractivity contribution is 9.10. The van der Waals surface area contributed by atoms with Gasteiger partial charge in [-0.3, -0.25) is 13.9 Å². The zero-order chi connectivity index (χ0) is 27.2. The fourth-order valence-electron chi connectivity index (χ4n) is 3.74. The number of rotatable bonds is 10. The third kappa shape index (κ3) is 7.42. The Hall–Kier alpha value is -3.17. The molecule has 7 nitrogen and oxygen atoms in total. The zero-order valence-corrected chi connectivity index (χ0v) is 23.8. The van der Waals surface area contributed by atoms with E-state index in [-0.39, 0.29) is 23.4 Å². The second-order valence-corrected chi connectivity index (χ2v) is 11.9. The Morgan fingerprint density at radius 2 is 1.49 bits per heavy atom. The lowest BCUT2D eigenvalue weighted by Gasteiger charge is -2.32. The van der Waals surface area contributed by atoms with Crippen LogP contribution in [0.15, 0.2) is 88.2 Å². The van der Waals surface area contributed by atoms with E-state index in [2.05, 4.69) is 21.2 Å². The third-order valence-corrected chi connectivity index (χ3v) is 8.11. The first-order chi connectivity index (χ1) is 17.5. The molecule has 0 aliphatic rings. The Labute approximate surface area is 227 Å². The van der Waals surface area contributed by atoms with Crippen LogP contribution in [-0.4, -0.2) is 43.8 Å². The molecule has 0 fully saturated rings. The molecule has 1 N–H and O–H groups in total. The molecule has 0 unspecified atom stereocenters. The number of anilines is 1. The topological polar surface area (TPSA) is 86.8 Å². The lowest BCUT2D eigenvalue weighted by atomic mass is 10.1. The molecule has 0 bridgehead atoms. The molecule has 0 aliphatic carbocycles. The summed E-state index contributed by atoms with van der Waals surface area (Å²) < 4.78 is 29.4. The van der Waals surface area contributed by atoms with Gasteiger partial charge < -0.3 is 10.2 Å². The van der Waals surface area contributed by atoms with E-state index >= 15 is 0 Å². The molecule has 0 spiro atoms. The largest absolute Gasteiger partial charge is 0.352 e. The number of amides is 2. The average molecular weight is 587 g/mol. The summed E-state index contributed by atoms with van der Waals surface area (Å²) in [7, 11) is -4.08. The number of carbonyl (C=O) groups is 2. The highest BCUT2D eigenvalue weighted by Crippen LogP contribution is 2.26. The summed E-state index contributed by atoms with van der Waals surface area (Å²) >= 11 is 3.38. The second kappa shape index (κ2) is 12.4. The molecule has 3 rings (SSSR count). The minimum Gasteiger partial charge on any atom is -0.352 e. The van der Waals surface area contributed by atoms with E-state index in [0.717, 1.165) is 19.9 Å². The van der Waals surface area contributed by atoms with Crippen LogP contribution >= 0.6 is 15.9 Å². The van der Waals surface area contributed by atoms with E-state index in [0.29, 0.717) is 5.69 Å². The zero-order valence-electron chi connectivity index (χ0n) is 21.4. The van der Waals surface area contributed by atoms with Gasteiger partial charge in [0, 0.05) is 17.1 Å². The van der Waals surface area contributed by atoms with E-state index in [1.165, 1.54) is 17.0 Å². The standard InChI is InChI=1S/C28H32BrN3O4S/c1-20(2)30-28(34)22(4)31(18-23-8-6-5-7-9-23)27(33)19-32(25-14-12-24(29)13-15-25)37(35,36)26-16-10-21(3)11-17-26/h5-17,20,22H,18-19H2,1-4H3,(H,30,34)/t22-/m1/s1. The lowest BCUT2D eigenvalue weighted by molar-refractivity contribution is -0.139. The fraction of sp³-hybridized carbons (Fsp3) is 0.286. The van der Waals surface area contributed by atoms with Crippen molar-refractivity contribution in [3.63, 3.8) is 0 Å². The monoisotopic (exact) mass is 585 g/mol. The number of nitrogens with zero attached hydrogens (tertiary/aromatic N) is 2. The quantitative estimate of drug-likeness (QED) is 0.367. The maximum Gasteiger partial charge on any atom is 0.264 e. The van der Waals surface area contributed by atoms with Crippen molar-refractivity contribution in [2.75, 3.05) is 10.8 Å². The molecule has 9 heteroatoms. The molecule has 0 aromatic heterocycles. The van der Waals surface area contributed by atoms with Crippen molar-refractivity contribution in [1.82, 2.24) is 10.2 Å². The summed E-state index contributed by atoms with van der Waals surface area (Å²) in [5.74, 6) is -0.801. The van der Waals surface area contributed by atoms with Crippen molar-refractivity contribution in [1.29, 1.82) is 0 Å². The van der Waals surface area contributed by atoms with Crippen LogP contribution in [0, 0.1) is 6.92 Å². The van der Waals surface area contributed by atoms with Crippen LogP contribution in [0.4, 0.5) is 5.69 Å². The van der Waals surface area contributed by atoms with Crippen molar-refractivity contribution >= 4 is 43.5 Å². The Morgan fingerprint density at radius 1 is 0.892 bits per heavy atom. The van der Waals surface area contributed by atoms with E-state index in [1.807, 2.05) is 51.1 Å². The van der Waals surface area contributed by atoms with Gasteiger partial charge in [-0.05, 0) is 69.7 Å². The molecule has 0 aliphatic heterocycles. The van der Waals surface area contributed by atoms with Gasteiger partial charge in [0.05, 0.1) is 10.6 Å². The SMILES string of the molecule is Cc1ccc(S(=O)(=O)N(CC(=O)N(Cc2ccccc2)[C@H](C)C(=O)NC(C)C)c2ccc(Br)cc2)cc1. The molecular formula is C28H32BrN3O4S. The van der Waals surface area contributed by atoms with Crippen LogP contribution in [-0.2, 0) is 26.2 Å². The van der Waals surface area contributed by atoms with Crippen LogP contribution in [0.3, 0.4) is 0 Å². The summed E-state index contributed by atoms with van der Waals surface area (Å²) in [5.41, 5.74) is 2.09. The number of hydrogen-bond acceptors (Lipinski definition) is 4. The molecule has 3 aromatic rings. The van der Waals surface area contributed by atoms with Crippen LogP contribution in [0.1, 0.15) is 31.9 Å². The normalized spacial score (nSPS) is 12.2. The van der Waals surface area contributed by atoms with Gasteiger partial charge in [0.1, 0.15) is 12.6 Å². The van der Waals surface area contributed by atoms with Crippen LogP contribution in [0.5, 0.6) is 0 Å². The molecule has 0 radical (unpaired) electrons. The molecule has 0 saturated heterocycles. The van der Waals surface area contributed by atoms with E-state index in [1.54, 1.807) is 43.3 Å². The first kappa shape index (κ1) is 28.4. The van der Waals surface area contributed by atoms with Gasteiger partial charge in [-0.15, -0.1) is 0 Å². The van der Waals surface area contributed by atoms with E-state index < -0.39 is 28.5 Å². The van der Waals surface area contributed by atoms with Gasteiger partial charge in [-0.25, -0.2) is 8.42 Å². The summed E-state index contributed by atoms with van der Waals surface area (Å²) in [4.78, 5) is 28.2. The Morgan fingerprint density at radius 3 is 2.05 bits per heavy atom. The van der Waals surface area contributed by atoms with Gasteiger partial charge in [0.25, 0.3) is 10.0 Å². The predicted octanol–water partition coefficient (Wildman–Crippen LogP) is 4.89. The number of hydrogen-bond donors (Lipinski definition) is 1. The lowest BCUT2D eigenvalue weighted by Crippen LogP contribution is -2.52. The first-order valence-electron chi connectivity index (χ1n) is 12.0. The highest BCUT2D eigenvalue weighted by atomic mass is 79.9. The maximum atomic E-state index is 13.8. The third-order valence-electron chi connectivity index (χ3n) is 5.80. The number of aryl methyl sites for hydroxylation is 1. The van der Waals surface area contributed by atoms with Crippen molar-refractivity contribution in [2.45, 2.75) is 51.2 Å².